The van der Waals surface area contributed by atoms with Crippen LogP contribution in [0.3, 0.4) is 0 Å². The van der Waals surface area contributed by atoms with Gasteiger partial charge in [0.05, 0.1) is 13.1 Å². The summed E-state index contributed by atoms with van der Waals surface area (Å²) < 4.78 is 12.5. The maximum Gasteiger partial charge on any atom is 0.410 e. The maximum atomic E-state index is 12.4. The summed E-state index contributed by atoms with van der Waals surface area (Å²) >= 11 is 3.46. The molecule has 0 fully saturated rings. The monoisotopic (exact) mass is 355 g/mol. The minimum absolute atomic E-state index is 0.313. The molecule has 5 heteroatoms. The van der Waals surface area contributed by atoms with Gasteiger partial charge in [0.25, 0.3) is 0 Å². The number of rotatable bonds is 0. The number of amides is 1. The molecule has 2 rings (SSSR count). The van der Waals surface area contributed by atoms with Crippen LogP contribution in [0.25, 0.3) is 0 Å². The van der Waals surface area contributed by atoms with Crippen molar-refractivity contribution in [2.24, 2.45) is 0 Å². The Morgan fingerprint density at radius 3 is 2.67 bits per heavy atom. The van der Waals surface area contributed by atoms with Crippen LogP contribution in [0.5, 0.6) is 5.75 Å². The highest BCUT2D eigenvalue weighted by Crippen LogP contribution is 2.32. The molecule has 1 amide bonds. The van der Waals surface area contributed by atoms with Gasteiger partial charge in [0.1, 0.15) is 17.0 Å². The normalized spacial score (nSPS) is 17.5. The van der Waals surface area contributed by atoms with Crippen molar-refractivity contribution < 1.29 is 14.3 Å². The molecule has 1 heterocycles. The molecule has 116 valence electrons. The Bertz CT molecular complexity index is 549. The largest absolute Gasteiger partial charge is 0.486 e. The van der Waals surface area contributed by atoms with Gasteiger partial charge in [-0.25, -0.2) is 4.79 Å². The van der Waals surface area contributed by atoms with Crippen LogP contribution >= 0.6 is 15.9 Å². The van der Waals surface area contributed by atoms with Crippen molar-refractivity contribution in [3.63, 3.8) is 0 Å². The van der Waals surface area contributed by atoms with E-state index in [1.807, 2.05) is 52.8 Å². The third-order valence-electron chi connectivity index (χ3n) is 2.99. The van der Waals surface area contributed by atoms with E-state index in [2.05, 4.69) is 15.9 Å². The van der Waals surface area contributed by atoms with Crippen LogP contribution in [0, 0.1) is 0 Å². The average molecular weight is 356 g/mol. The molecular weight excluding hydrogens is 334 g/mol. The van der Waals surface area contributed by atoms with Gasteiger partial charge in [-0.05, 0) is 52.8 Å². The van der Waals surface area contributed by atoms with Crippen molar-refractivity contribution in [2.75, 3.05) is 6.54 Å². The molecule has 0 unspecified atom stereocenters. The molecule has 1 aliphatic heterocycles. The fourth-order valence-corrected chi connectivity index (χ4v) is 2.69. The minimum atomic E-state index is -0.505. The lowest BCUT2D eigenvalue weighted by atomic mass is 10.1. The van der Waals surface area contributed by atoms with Crippen molar-refractivity contribution in [3.8, 4) is 5.75 Å². The fourth-order valence-electron chi connectivity index (χ4n) is 2.28. The Kier molecular flexibility index (Phi) is 4.24. The van der Waals surface area contributed by atoms with Crippen molar-refractivity contribution >= 4 is 22.0 Å². The Morgan fingerprint density at radius 1 is 1.38 bits per heavy atom. The fraction of sp³-hybridized carbons (Fsp3) is 0.562. The first kappa shape index (κ1) is 16.1. The first-order chi connectivity index (χ1) is 9.56. The molecule has 4 nitrogen and oxygen atoms in total. The van der Waals surface area contributed by atoms with E-state index < -0.39 is 11.2 Å². The van der Waals surface area contributed by atoms with Crippen molar-refractivity contribution in [1.82, 2.24) is 4.90 Å². The number of hydrogen-bond donors (Lipinski definition) is 0. The Hall–Kier alpha value is -1.23. The summed E-state index contributed by atoms with van der Waals surface area (Å²) in [5.41, 5.74) is 0.00519. The predicted molar refractivity (Wildman–Crippen MR) is 85.5 cm³/mol. The quantitative estimate of drug-likeness (QED) is 0.693. The smallest absolute Gasteiger partial charge is 0.410 e. The Labute approximate surface area is 134 Å². The maximum absolute atomic E-state index is 12.4. The van der Waals surface area contributed by atoms with Gasteiger partial charge in [0, 0.05) is 10.0 Å². The third kappa shape index (κ3) is 4.37. The molecule has 0 saturated heterocycles. The van der Waals surface area contributed by atoms with Crippen LogP contribution < -0.4 is 4.74 Å². The molecular formula is C16H22BrNO3. The summed E-state index contributed by atoms with van der Waals surface area (Å²) in [5.74, 6) is 0.814. The second-order valence-corrected chi connectivity index (χ2v) is 7.87. The molecule has 0 bridgehead atoms. The van der Waals surface area contributed by atoms with Crippen molar-refractivity contribution in [3.05, 3.63) is 28.2 Å². The zero-order chi connectivity index (χ0) is 15.8. The number of carbonyl (C=O) groups excluding carboxylic acids is 1. The summed E-state index contributed by atoms with van der Waals surface area (Å²) in [6.45, 7) is 10.5. The van der Waals surface area contributed by atoms with E-state index in [0.717, 1.165) is 15.8 Å². The average Bonchev–Trinajstić information content (AvgIpc) is 2.41. The summed E-state index contributed by atoms with van der Waals surface area (Å²) in [6.07, 6.45) is -0.313. The number of fused-ring (bicyclic) bond motifs is 1. The Balaban J connectivity index is 2.30. The number of benzene rings is 1. The lowest BCUT2D eigenvalue weighted by Crippen LogP contribution is -2.45. The van der Waals surface area contributed by atoms with E-state index in [4.69, 9.17) is 9.47 Å². The zero-order valence-electron chi connectivity index (χ0n) is 13.2. The second-order valence-electron chi connectivity index (χ2n) is 6.95. The van der Waals surface area contributed by atoms with E-state index in [1.165, 1.54) is 0 Å². The second kappa shape index (κ2) is 5.52. The molecule has 21 heavy (non-hydrogen) atoms. The van der Waals surface area contributed by atoms with Gasteiger partial charge >= 0.3 is 6.09 Å². The van der Waals surface area contributed by atoms with Gasteiger partial charge < -0.3 is 9.47 Å². The Morgan fingerprint density at radius 2 is 2.05 bits per heavy atom. The van der Waals surface area contributed by atoms with Crippen LogP contribution in [-0.2, 0) is 11.3 Å². The highest BCUT2D eigenvalue weighted by molar-refractivity contribution is 9.10. The van der Waals surface area contributed by atoms with Crippen LogP contribution in [-0.4, -0.2) is 28.7 Å². The summed E-state index contributed by atoms with van der Waals surface area (Å²) in [7, 11) is 0. The summed E-state index contributed by atoms with van der Waals surface area (Å²) in [5, 5.41) is 0. The van der Waals surface area contributed by atoms with Crippen molar-refractivity contribution in [1.29, 1.82) is 0 Å². The summed E-state index contributed by atoms with van der Waals surface area (Å²) in [6, 6.07) is 5.85. The predicted octanol–water partition coefficient (Wildman–Crippen LogP) is 4.36. The molecule has 0 radical (unpaired) electrons. The topological polar surface area (TPSA) is 38.8 Å². The minimum Gasteiger partial charge on any atom is -0.486 e. The number of hydrogen-bond acceptors (Lipinski definition) is 3. The molecule has 0 N–H and O–H groups in total. The molecule has 0 spiro atoms. The van der Waals surface area contributed by atoms with E-state index in [-0.39, 0.29) is 6.09 Å². The van der Waals surface area contributed by atoms with Crippen LogP contribution in [0.15, 0.2) is 22.7 Å². The first-order valence-corrected chi connectivity index (χ1v) is 7.80. The zero-order valence-corrected chi connectivity index (χ0v) is 14.8. The number of halogens is 1. The number of carbonyl (C=O) groups is 1. The van der Waals surface area contributed by atoms with Gasteiger partial charge in [-0.1, -0.05) is 15.9 Å². The molecule has 1 aliphatic rings. The van der Waals surface area contributed by atoms with Crippen LogP contribution in [0.4, 0.5) is 4.79 Å². The lowest BCUT2D eigenvalue weighted by Gasteiger charge is -2.31. The molecule has 1 aromatic carbocycles. The van der Waals surface area contributed by atoms with Crippen LogP contribution in [0.2, 0.25) is 0 Å². The summed E-state index contributed by atoms with van der Waals surface area (Å²) in [4.78, 5) is 14.1. The standard InChI is InChI=1S/C16H22BrNO3/c1-15(2,3)21-14(19)18-9-11-8-12(17)6-7-13(11)20-16(4,5)10-18/h6-8H,9-10H2,1-5H3. The molecule has 0 aromatic heterocycles. The molecule has 0 aliphatic carbocycles. The van der Waals surface area contributed by atoms with Gasteiger partial charge in [0.15, 0.2) is 0 Å². The highest BCUT2D eigenvalue weighted by atomic mass is 79.9. The van der Waals surface area contributed by atoms with Crippen molar-refractivity contribution in [2.45, 2.75) is 52.4 Å². The van der Waals surface area contributed by atoms with Gasteiger partial charge in [0.2, 0.25) is 0 Å². The van der Waals surface area contributed by atoms with Gasteiger partial charge in [-0.2, -0.15) is 0 Å². The lowest BCUT2D eigenvalue weighted by molar-refractivity contribution is 0.00752. The van der Waals surface area contributed by atoms with E-state index >= 15 is 0 Å². The molecule has 0 atom stereocenters. The van der Waals surface area contributed by atoms with E-state index in [1.54, 1.807) is 4.90 Å². The molecule has 1 aromatic rings. The van der Waals surface area contributed by atoms with Crippen LogP contribution in [0.1, 0.15) is 40.2 Å². The van der Waals surface area contributed by atoms with E-state index in [0.29, 0.717) is 13.1 Å². The SMILES string of the molecule is CC(C)(C)OC(=O)N1Cc2cc(Br)ccc2OC(C)(C)C1. The molecule has 0 saturated carbocycles. The van der Waals surface area contributed by atoms with Gasteiger partial charge in [-0.3, -0.25) is 4.90 Å². The number of ether oxygens (including phenoxy) is 2. The first-order valence-electron chi connectivity index (χ1n) is 7.01. The van der Waals surface area contributed by atoms with Gasteiger partial charge in [-0.15, -0.1) is 0 Å². The highest BCUT2D eigenvalue weighted by Gasteiger charge is 2.33. The number of nitrogens with zero attached hydrogens (tertiary/aromatic N) is 1. The third-order valence-corrected chi connectivity index (χ3v) is 3.49. The van der Waals surface area contributed by atoms with E-state index in [9.17, 15) is 4.79 Å².